The Bertz CT molecular complexity index is 1080. The molecule has 33 heavy (non-hydrogen) atoms. The lowest BCUT2D eigenvalue weighted by Crippen LogP contribution is -2.38. The summed E-state index contributed by atoms with van der Waals surface area (Å²) in [5.41, 5.74) is 3.06. The highest BCUT2D eigenvalue weighted by molar-refractivity contribution is 5.79. The summed E-state index contributed by atoms with van der Waals surface area (Å²) < 4.78 is 29.8. The van der Waals surface area contributed by atoms with Crippen LogP contribution < -0.4 is 19.5 Å². The Morgan fingerprint density at radius 1 is 1.00 bits per heavy atom. The molecule has 1 aliphatic rings. The molecule has 6 heteroatoms. The van der Waals surface area contributed by atoms with E-state index in [1.165, 1.54) is 12.1 Å². The third-order valence-corrected chi connectivity index (χ3v) is 6.07. The van der Waals surface area contributed by atoms with Gasteiger partial charge in [-0.2, -0.15) is 0 Å². The van der Waals surface area contributed by atoms with Gasteiger partial charge < -0.3 is 19.5 Å². The van der Waals surface area contributed by atoms with Crippen molar-refractivity contribution in [2.24, 2.45) is 5.92 Å². The number of fused-ring (bicyclic) bond motifs is 1. The summed E-state index contributed by atoms with van der Waals surface area (Å²) in [6, 6.07) is 20.0. The van der Waals surface area contributed by atoms with Gasteiger partial charge in [0, 0.05) is 12.5 Å². The number of hydrogen-bond donors (Lipinski definition) is 1. The molecule has 3 aromatic carbocycles. The van der Waals surface area contributed by atoms with Gasteiger partial charge in [-0.1, -0.05) is 24.3 Å². The van der Waals surface area contributed by atoms with E-state index in [4.69, 9.17) is 14.2 Å². The first kappa shape index (κ1) is 22.6. The number of ether oxygens (including phenoxy) is 3. The number of benzene rings is 3. The predicted octanol–water partition coefficient (Wildman–Crippen LogP) is 4.73. The molecule has 5 nitrogen and oxygen atoms in total. The van der Waals surface area contributed by atoms with Gasteiger partial charge in [0.2, 0.25) is 5.91 Å². The minimum Gasteiger partial charge on any atom is -0.497 e. The molecule has 172 valence electrons. The van der Waals surface area contributed by atoms with E-state index in [0.29, 0.717) is 26.0 Å². The lowest BCUT2D eigenvalue weighted by atomic mass is 9.88. The summed E-state index contributed by atoms with van der Waals surface area (Å²) in [5, 5.41) is 3.07. The Balaban J connectivity index is 1.41. The van der Waals surface area contributed by atoms with E-state index in [1.54, 1.807) is 26.4 Å². The molecule has 0 saturated heterocycles. The molecule has 1 amide bonds. The van der Waals surface area contributed by atoms with E-state index < -0.39 is 0 Å². The smallest absolute Gasteiger partial charge is 0.226 e. The van der Waals surface area contributed by atoms with Crippen LogP contribution in [0.1, 0.15) is 29.0 Å². The molecular formula is C27H28FNO4. The third kappa shape index (κ3) is 5.45. The largest absolute Gasteiger partial charge is 0.497 e. The Hall–Kier alpha value is -3.54. The van der Waals surface area contributed by atoms with Crippen LogP contribution in [0.3, 0.4) is 0 Å². The van der Waals surface area contributed by atoms with Crippen molar-refractivity contribution in [3.63, 3.8) is 0 Å². The number of methoxy groups -OCH3 is 2. The van der Waals surface area contributed by atoms with Crippen molar-refractivity contribution >= 4 is 5.91 Å². The van der Waals surface area contributed by atoms with Crippen LogP contribution in [0.15, 0.2) is 66.7 Å². The Morgan fingerprint density at radius 3 is 2.30 bits per heavy atom. The summed E-state index contributed by atoms with van der Waals surface area (Å²) in [6.45, 7) is 0.847. The number of nitrogens with one attached hydrogen (secondary N) is 1. The van der Waals surface area contributed by atoms with Crippen LogP contribution in [0.4, 0.5) is 4.39 Å². The van der Waals surface area contributed by atoms with Crippen LogP contribution in [-0.4, -0.2) is 33.3 Å². The van der Waals surface area contributed by atoms with E-state index in [1.807, 2.05) is 42.5 Å². The van der Waals surface area contributed by atoms with Gasteiger partial charge in [-0.3, -0.25) is 4.79 Å². The first-order chi connectivity index (χ1) is 16.1. The van der Waals surface area contributed by atoms with E-state index in [9.17, 15) is 9.18 Å². The second-order valence-corrected chi connectivity index (χ2v) is 8.14. The first-order valence-corrected chi connectivity index (χ1v) is 11.0. The summed E-state index contributed by atoms with van der Waals surface area (Å²) in [7, 11) is 3.25. The zero-order valence-corrected chi connectivity index (χ0v) is 18.8. The fourth-order valence-electron chi connectivity index (χ4n) is 4.21. The van der Waals surface area contributed by atoms with Gasteiger partial charge in [-0.05, 0) is 72.0 Å². The molecule has 0 spiro atoms. The summed E-state index contributed by atoms with van der Waals surface area (Å²) in [4.78, 5) is 12.9. The second kappa shape index (κ2) is 10.4. The summed E-state index contributed by atoms with van der Waals surface area (Å²) in [6.07, 6.45) is 1.29. The van der Waals surface area contributed by atoms with Crippen molar-refractivity contribution in [1.82, 2.24) is 5.32 Å². The van der Waals surface area contributed by atoms with E-state index in [2.05, 4.69) is 5.32 Å². The third-order valence-electron chi connectivity index (χ3n) is 6.07. The summed E-state index contributed by atoms with van der Waals surface area (Å²) >= 11 is 0. The fraction of sp³-hybridized carbons (Fsp3) is 0.296. The van der Waals surface area contributed by atoms with Gasteiger partial charge in [0.15, 0.2) is 0 Å². The number of carbonyl (C=O) groups is 1. The number of amides is 1. The zero-order valence-electron chi connectivity index (χ0n) is 18.8. The van der Waals surface area contributed by atoms with Crippen LogP contribution in [0.5, 0.6) is 17.2 Å². The van der Waals surface area contributed by atoms with Gasteiger partial charge in [-0.15, -0.1) is 0 Å². The molecule has 0 aliphatic carbocycles. The number of hydrogen-bond acceptors (Lipinski definition) is 4. The number of halogens is 1. The second-order valence-electron chi connectivity index (χ2n) is 8.14. The minimum atomic E-state index is -0.269. The number of rotatable bonds is 8. The van der Waals surface area contributed by atoms with Gasteiger partial charge in [-0.25, -0.2) is 4.39 Å². The molecule has 2 unspecified atom stereocenters. The van der Waals surface area contributed by atoms with Crippen LogP contribution in [0, 0.1) is 11.7 Å². The molecular weight excluding hydrogens is 421 g/mol. The highest BCUT2D eigenvalue weighted by Gasteiger charge is 2.26. The molecule has 0 fully saturated rings. The maximum atomic E-state index is 13.5. The van der Waals surface area contributed by atoms with Gasteiger partial charge >= 0.3 is 0 Å². The SMILES string of the molecule is COc1ccc(C(CCNC(=O)C2COc3ccc(OC)cc3C2)c2ccc(F)cc2)cc1. The Labute approximate surface area is 193 Å². The van der Waals surface area contributed by atoms with Gasteiger partial charge in [0.1, 0.15) is 29.7 Å². The zero-order chi connectivity index (χ0) is 23.2. The molecule has 0 bridgehead atoms. The van der Waals surface area contributed by atoms with Crippen LogP contribution in [0.25, 0.3) is 0 Å². The molecule has 0 radical (unpaired) electrons. The van der Waals surface area contributed by atoms with Gasteiger partial charge in [0.25, 0.3) is 0 Å². The van der Waals surface area contributed by atoms with Crippen molar-refractivity contribution in [2.45, 2.75) is 18.8 Å². The first-order valence-electron chi connectivity index (χ1n) is 11.0. The van der Waals surface area contributed by atoms with Crippen molar-refractivity contribution in [3.8, 4) is 17.2 Å². The van der Waals surface area contributed by atoms with Gasteiger partial charge in [0.05, 0.1) is 20.1 Å². The van der Waals surface area contributed by atoms with E-state index >= 15 is 0 Å². The van der Waals surface area contributed by atoms with Crippen molar-refractivity contribution in [1.29, 1.82) is 0 Å². The van der Waals surface area contributed by atoms with Crippen LogP contribution in [-0.2, 0) is 11.2 Å². The normalized spacial score (nSPS) is 15.7. The molecule has 1 heterocycles. The predicted molar refractivity (Wildman–Crippen MR) is 125 cm³/mol. The highest BCUT2D eigenvalue weighted by Crippen LogP contribution is 2.31. The maximum Gasteiger partial charge on any atom is 0.226 e. The average molecular weight is 450 g/mol. The fourth-order valence-corrected chi connectivity index (χ4v) is 4.21. The summed E-state index contributed by atoms with van der Waals surface area (Å²) in [5.74, 6) is 1.79. The molecule has 1 aliphatic heterocycles. The molecule has 1 N–H and O–H groups in total. The lowest BCUT2D eigenvalue weighted by molar-refractivity contribution is -0.126. The van der Waals surface area contributed by atoms with Crippen LogP contribution in [0.2, 0.25) is 0 Å². The molecule has 2 atom stereocenters. The minimum absolute atomic E-state index is 0.0180. The molecule has 0 saturated carbocycles. The monoisotopic (exact) mass is 449 g/mol. The number of carbonyl (C=O) groups excluding carboxylic acids is 1. The van der Waals surface area contributed by atoms with Crippen molar-refractivity contribution in [2.75, 3.05) is 27.4 Å². The average Bonchev–Trinajstić information content (AvgIpc) is 2.86. The van der Waals surface area contributed by atoms with Crippen molar-refractivity contribution < 1.29 is 23.4 Å². The molecule has 0 aromatic heterocycles. The Kier molecular flexibility index (Phi) is 7.13. The standard InChI is InChI=1S/C27H28FNO4/c1-31-23-9-5-19(6-10-23)25(18-3-7-22(28)8-4-18)13-14-29-27(30)21-15-20-16-24(32-2)11-12-26(20)33-17-21/h3-12,16,21,25H,13-15,17H2,1-2H3,(H,29,30). The molecule has 4 rings (SSSR count). The lowest BCUT2D eigenvalue weighted by Gasteiger charge is -2.25. The maximum absolute atomic E-state index is 13.5. The quantitative estimate of drug-likeness (QED) is 0.540. The topological polar surface area (TPSA) is 56.8 Å². The van der Waals surface area contributed by atoms with E-state index in [-0.39, 0.29) is 23.6 Å². The Morgan fingerprint density at radius 2 is 1.64 bits per heavy atom. The van der Waals surface area contributed by atoms with E-state index in [0.717, 1.165) is 33.9 Å². The highest BCUT2D eigenvalue weighted by atomic mass is 19.1. The molecule has 3 aromatic rings. The van der Waals surface area contributed by atoms with Crippen molar-refractivity contribution in [3.05, 3.63) is 89.2 Å². The van der Waals surface area contributed by atoms with Crippen LogP contribution >= 0.6 is 0 Å².